The van der Waals surface area contributed by atoms with Gasteiger partial charge in [0.15, 0.2) is 0 Å². The maximum absolute atomic E-state index is 2.51. The van der Waals surface area contributed by atoms with Crippen molar-refractivity contribution in [3.05, 3.63) is 22.3 Å². The Morgan fingerprint density at radius 1 is 0.281 bits per heavy atom. The summed E-state index contributed by atoms with van der Waals surface area (Å²) in [6.45, 7) is 94.5. The Morgan fingerprint density at radius 2 is 0.578 bits per heavy atom. The zero-order valence-corrected chi connectivity index (χ0v) is 52.5. The van der Waals surface area contributed by atoms with E-state index < -0.39 is 0 Å². The molecule has 386 valence electrons. The van der Waals surface area contributed by atoms with E-state index in [4.69, 9.17) is 0 Å². The van der Waals surface area contributed by atoms with Gasteiger partial charge in [-0.3, -0.25) is 0 Å². The lowest BCUT2D eigenvalue weighted by atomic mass is 9.37. The van der Waals surface area contributed by atoms with E-state index in [0.29, 0.717) is 82.3 Å². The maximum Gasteiger partial charge on any atom is -0.0123 e. The average molecular weight is 900 g/mol. The molecule has 0 radical (unpaired) electrons. The van der Waals surface area contributed by atoms with Gasteiger partial charge in [-0.2, -0.15) is 0 Å². The minimum Gasteiger partial charge on any atom is -0.0651 e. The van der Waals surface area contributed by atoms with Crippen LogP contribution in [0.4, 0.5) is 0 Å². The molecule has 2 unspecified atom stereocenters. The van der Waals surface area contributed by atoms with Gasteiger partial charge in [0, 0.05) is 0 Å². The predicted molar refractivity (Wildman–Crippen MR) is 300 cm³/mol. The molecule has 0 spiro atoms. The summed E-state index contributed by atoms with van der Waals surface area (Å²) in [6.07, 6.45) is 0. The van der Waals surface area contributed by atoms with Gasteiger partial charge in [0.1, 0.15) is 0 Å². The van der Waals surface area contributed by atoms with Crippen LogP contribution in [-0.2, 0) is 0 Å². The molecule has 2 atom stereocenters. The number of hydrogen-bond acceptors (Lipinski definition) is 0. The monoisotopic (exact) mass is 899 g/mol. The molecule has 0 aliphatic rings. The van der Waals surface area contributed by atoms with Crippen LogP contribution in [0, 0.1) is 120 Å². The minimum atomic E-state index is 0.242. The summed E-state index contributed by atoms with van der Waals surface area (Å²) < 4.78 is 0. The standard InChI is InChI=1S/C24H50.2C20H40/c1-16(2)19(17(3)4)24(22(10,11)12,23(13,14)15)20(18(5)6)21(7,8)9;2*1-13(2)16(14(3)4)18(20(10,11)12)17(15(5)6)19(7,8)9/h16-20H,1-15H3;13-15,17H,1-12H3;13-16H,1-12H3/b;;18-17-. The third-order valence-electron chi connectivity index (χ3n) is 15.1. The van der Waals surface area contributed by atoms with Crippen LogP contribution in [0.2, 0.25) is 0 Å². The molecular formula is C64H130. The van der Waals surface area contributed by atoms with E-state index in [1.807, 2.05) is 0 Å². The first kappa shape index (κ1) is 67.7. The molecule has 0 amide bonds. The quantitative estimate of drug-likeness (QED) is 0.162. The van der Waals surface area contributed by atoms with Gasteiger partial charge in [-0.1, -0.05) is 292 Å². The van der Waals surface area contributed by atoms with Gasteiger partial charge in [0.25, 0.3) is 0 Å². The Morgan fingerprint density at radius 3 is 0.719 bits per heavy atom. The Bertz CT molecular complexity index is 1330. The summed E-state index contributed by atoms with van der Waals surface area (Å²) in [4.78, 5) is 0. The molecule has 0 rings (SSSR count). The highest BCUT2D eigenvalue weighted by atomic mass is 14.7. The second kappa shape index (κ2) is 24.4. The average Bonchev–Trinajstić information content (AvgIpc) is 2.94. The lowest BCUT2D eigenvalue weighted by Gasteiger charge is -2.67. The molecule has 64 heavy (non-hydrogen) atoms. The predicted octanol–water partition coefficient (Wildman–Crippen LogP) is 22.2. The molecule has 0 aliphatic carbocycles. The number of hydrogen-bond donors (Lipinski definition) is 0. The molecule has 0 nitrogen and oxygen atoms in total. The molecule has 0 aromatic rings. The Labute approximate surface area is 410 Å². The van der Waals surface area contributed by atoms with Crippen LogP contribution in [-0.4, -0.2) is 0 Å². The molecule has 0 bridgehead atoms. The fraction of sp³-hybridized carbons (Fsp3) is 0.938. The summed E-state index contributed by atoms with van der Waals surface area (Å²) in [5.74, 6) is 8.67. The summed E-state index contributed by atoms with van der Waals surface area (Å²) in [7, 11) is 0. The lowest BCUT2D eigenvalue weighted by molar-refractivity contribution is -0.200. The Kier molecular flexibility index (Phi) is 25.8. The van der Waals surface area contributed by atoms with Crippen LogP contribution in [0.25, 0.3) is 0 Å². The Hall–Kier alpha value is -0.520. The fourth-order valence-electron chi connectivity index (χ4n) is 15.5. The minimum absolute atomic E-state index is 0.242. The van der Waals surface area contributed by atoms with E-state index in [2.05, 4.69) is 270 Å². The van der Waals surface area contributed by atoms with E-state index in [0.717, 1.165) is 0 Å². The second-order valence-corrected chi connectivity index (χ2v) is 31.5. The van der Waals surface area contributed by atoms with Crippen LogP contribution in [0.3, 0.4) is 0 Å². The molecule has 0 saturated heterocycles. The molecule has 0 fully saturated rings. The molecular weight excluding hydrogens is 769 g/mol. The molecule has 0 heteroatoms. The van der Waals surface area contributed by atoms with Gasteiger partial charge in [-0.25, -0.2) is 0 Å². The van der Waals surface area contributed by atoms with E-state index in [9.17, 15) is 0 Å². The van der Waals surface area contributed by atoms with E-state index >= 15 is 0 Å². The third-order valence-corrected chi connectivity index (χ3v) is 15.1. The van der Waals surface area contributed by atoms with Crippen molar-refractivity contribution in [3.8, 4) is 0 Å². The van der Waals surface area contributed by atoms with Crippen molar-refractivity contribution in [2.24, 2.45) is 120 Å². The SMILES string of the molecule is CC(C)/C(=C(\C(C(C)C)C(C)C)C(C)(C)C)C(C)(C)C.CC(C)C(=C(C(C(C)C)C(C)(C)C)C(C)(C)C)C(C)C.CC(C)C(C(C)C)C(C(C(C)C)C(C)(C)C)(C(C)(C)C)C(C)(C)C. The van der Waals surface area contributed by atoms with E-state index in [1.54, 1.807) is 22.3 Å². The van der Waals surface area contributed by atoms with Crippen molar-refractivity contribution >= 4 is 0 Å². The highest BCUT2D eigenvalue weighted by Crippen LogP contribution is 2.68. The largest absolute Gasteiger partial charge is 0.0651 e. The summed E-state index contributed by atoms with van der Waals surface area (Å²) in [5, 5.41) is 0. The lowest BCUT2D eigenvalue weighted by Crippen LogP contribution is -2.62. The molecule has 0 aromatic carbocycles. The topological polar surface area (TPSA) is 0 Å². The smallest absolute Gasteiger partial charge is 0.0123 e. The first-order chi connectivity index (χ1) is 27.7. The van der Waals surface area contributed by atoms with E-state index in [1.165, 1.54) is 0 Å². The van der Waals surface area contributed by atoms with Crippen molar-refractivity contribution in [1.29, 1.82) is 0 Å². The fourth-order valence-corrected chi connectivity index (χ4v) is 15.5. The molecule has 0 N–H and O–H groups in total. The van der Waals surface area contributed by atoms with Gasteiger partial charge < -0.3 is 0 Å². The summed E-state index contributed by atoms with van der Waals surface area (Å²) >= 11 is 0. The Balaban J connectivity index is -0.000000878. The summed E-state index contributed by atoms with van der Waals surface area (Å²) in [6, 6.07) is 0. The van der Waals surface area contributed by atoms with Crippen molar-refractivity contribution in [3.63, 3.8) is 0 Å². The van der Waals surface area contributed by atoms with Crippen molar-refractivity contribution in [2.75, 3.05) is 0 Å². The van der Waals surface area contributed by atoms with Gasteiger partial charge in [-0.15, -0.1) is 0 Å². The van der Waals surface area contributed by atoms with Crippen molar-refractivity contribution in [2.45, 2.75) is 270 Å². The number of rotatable bonds is 13. The van der Waals surface area contributed by atoms with Crippen molar-refractivity contribution < 1.29 is 0 Å². The zero-order chi connectivity index (χ0) is 52.8. The van der Waals surface area contributed by atoms with Crippen molar-refractivity contribution in [1.82, 2.24) is 0 Å². The zero-order valence-electron chi connectivity index (χ0n) is 52.5. The van der Waals surface area contributed by atoms with Gasteiger partial charge in [0.05, 0.1) is 0 Å². The maximum atomic E-state index is 2.51. The third kappa shape index (κ3) is 18.1. The van der Waals surface area contributed by atoms with Crippen LogP contribution < -0.4 is 0 Å². The normalized spacial score (nSPS) is 15.8. The number of allylic oxidation sites excluding steroid dienone is 4. The first-order valence-corrected chi connectivity index (χ1v) is 27.2. The molecule has 0 aliphatic heterocycles. The molecule has 0 aromatic heterocycles. The summed E-state index contributed by atoms with van der Waals surface area (Å²) in [5.41, 5.74) is 8.87. The van der Waals surface area contributed by atoms with Crippen LogP contribution in [0.5, 0.6) is 0 Å². The van der Waals surface area contributed by atoms with Crippen LogP contribution in [0.1, 0.15) is 270 Å². The first-order valence-electron chi connectivity index (χ1n) is 27.2. The molecule has 0 heterocycles. The highest BCUT2D eigenvalue weighted by molar-refractivity contribution is 5.30. The second-order valence-electron chi connectivity index (χ2n) is 31.5. The van der Waals surface area contributed by atoms with Gasteiger partial charge >= 0.3 is 0 Å². The van der Waals surface area contributed by atoms with Crippen LogP contribution >= 0.6 is 0 Å². The van der Waals surface area contributed by atoms with Crippen LogP contribution in [0.15, 0.2) is 22.3 Å². The van der Waals surface area contributed by atoms with Gasteiger partial charge in [0.2, 0.25) is 0 Å². The highest BCUT2D eigenvalue weighted by Gasteiger charge is 2.63. The molecule has 0 saturated carbocycles. The van der Waals surface area contributed by atoms with E-state index in [-0.39, 0.29) is 37.9 Å². The van der Waals surface area contributed by atoms with Gasteiger partial charge in [-0.05, 0) is 120 Å².